The first-order valence-electron chi connectivity index (χ1n) is 4.51. The second-order valence-corrected chi connectivity index (χ2v) is 3.76. The van der Waals surface area contributed by atoms with Crippen molar-refractivity contribution in [2.45, 2.75) is 25.2 Å². The zero-order valence-electron chi connectivity index (χ0n) is 7.59. The summed E-state index contributed by atoms with van der Waals surface area (Å²) in [6, 6.07) is 3.86. The average Bonchev–Trinajstić information content (AvgIpc) is 2.05. The monoisotopic (exact) mass is 197 g/mol. The third-order valence-corrected chi connectivity index (χ3v) is 2.84. The zero-order valence-corrected chi connectivity index (χ0v) is 8.34. The lowest BCUT2D eigenvalue weighted by molar-refractivity contribution is 0.379. The van der Waals surface area contributed by atoms with Crippen LogP contribution in [0, 0.1) is 0 Å². The predicted molar refractivity (Wildman–Crippen MR) is 52.4 cm³/mol. The number of pyridine rings is 1. The summed E-state index contributed by atoms with van der Waals surface area (Å²) in [5, 5.41) is 0.588. The molecule has 0 spiro atoms. The molecule has 0 N–H and O–H groups in total. The molecule has 70 valence electrons. The van der Waals surface area contributed by atoms with Gasteiger partial charge in [0.05, 0.1) is 7.11 Å². The highest BCUT2D eigenvalue weighted by Crippen LogP contribution is 2.36. The van der Waals surface area contributed by atoms with Crippen molar-refractivity contribution < 1.29 is 4.74 Å². The Kier molecular flexibility index (Phi) is 2.40. The van der Waals surface area contributed by atoms with Gasteiger partial charge < -0.3 is 4.74 Å². The lowest BCUT2D eigenvalue weighted by atomic mass is 9.83. The first-order valence-corrected chi connectivity index (χ1v) is 4.89. The molecule has 13 heavy (non-hydrogen) atoms. The van der Waals surface area contributed by atoms with Gasteiger partial charge in [0.25, 0.3) is 0 Å². The van der Waals surface area contributed by atoms with Gasteiger partial charge in [0.2, 0.25) is 5.88 Å². The largest absolute Gasteiger partial charge is 0.480 e. The molecule has 0 bridgehead atoms. The molecule has 0 atom stereocenters. The number of hydrogen-bond donors (Lipinski definition) is 0. The van der Waals surface area contributed by atoms with Gasteiger partial charge >= 0.3 is 0 Å². The van der Waals surface area contributed by atoms with Crippen LogP contribution in [0.4, 0.5) is 0 Å². The minimum Gasteiger partial charge on any atom is -0.480 e. The van der Waals surface area contributed by atoms with Gasteiger partial charge in [-0.1, -0.05) is 18.0 Å². The highest BCUT2D eigenvalue weighted by Gasteiger charge is 2.21. The van der Waals surface area contributed by atoms with E-state index in [1.165, 1.54) is 19.3 Å². The summed E-state index contributed by atoms with van der Waals surface area (Å²) in [6.45, 7) is 0. The van der Waals surface area contributed by atoms with Crippen LogP contribution in [-0.4, -0.2) is 12.1 Å². The van der Waals surface area contributed by atoms with Crippen LogP contribution in [0.5, 0.6) is 5.88 Å². The molecule has 0 amide bonds. The molecule has 1 aliphatic rings. The van der Waals surface area contributed by atoms with E-state index < -0.39 is 0 Å². The van der Waals surface area contributed by atoms with Gasteiger partial charge in [0.15, 0.2) is 0 Å². The predicted octanol–water partition coefficient (Wildman–Crippen LogP) is 3.01. The Morgan fingerprint density at radius 1 is 1.46 bits per heavy atom. The molecular weight excluding hydrogens is 186 g/mol. The van der Waals surface area contributed by atoms with Crippen LogP contribution in [-0.2, 0) is 0 Å². The molecule has 3 heteroatoms. The molecule has 1 saturated carbocycles. The first-order chi connectivity index (χ1) is 6.31. The quantitative estimate of drug-likeness (QED) is 0.727. The molecule has 0 unspecified atom stereocenters. The Hall–Kier alpha value is -0.760. The Morgan fingerprint density at radius 2 is 2.23 bits per heavy atom. The zero-order chi connectivity index (χ0) is 9.26. The van der Waals surface area contributed by atoms with E-state index in [1.54, 1.807) is 7.11 Å². The third-order valence-electron chi connectivity index (χ3n) is 2.55. The second kappa shape index (κ2) is 3.54. The Balaban J connectivity index is 2.26. The van der Waals surface area contributed by atoms with E-state index in [0.717, 1.165) is 5.69 Å². The van der Waals surface area contributed by atoms with Crippen molar-refractivity contribution in [2.24, 2.45) is 0 Å². The van der Waals surface area contributed by atoms with Gasteiger partial charge in [-0.2, -0.15) is 0 Å². The van der Waals surface area contributed by atoms with Crippen LogP contribution in [0.25, 0.3) is 0 Å². The fraction of sp³-hybridized carbons (Fsp3) is 0.500. The maximum atomic E-state index is 5.87. The SMILES string of the molecule is COc1nc(C2CCC2)ccc1Cl. The van der Waals surface area contributed by atoms with Gasteiger partial charge in [-0.05, 0) is 25.0 Å². The van der Waals surface area contributed by atoms with Crippen LogP contribution >= 0.6 is 11.6 Å². The van der Waals surface area contributed by atoms with Crippen LogP contribution in [0.2, 0.25) is 5.02 Å². The lowest BCUT2D eigenvalue weighted by Crippen LogP contribution is -2.10. The van der Waals surface area contributed by atoms with Crippen molar-refractivity contribution in [1.29, 1.82) is 0 Å². The van der Waals surface area contributed by atoms with E-state index in [1.807, 2.05) is 12.1 Å². The van der Waals surface area contributed by atoms with Crippen molar-refractivity contribution in [3.63, 3.8) is 0 Å². The third kappa shape index (κ3) is 1.63. The number of halogens is 1. The summed E-state index contributed by atoms with van der Waals surface area (Å²) in [4.78, 5) is 4.36. The van der Waals surface area contributed by atoms with Crippen molar-refractivity contribution >= 4 is 11.6 Å². The number of nitrogens with zero attached hydrogens (tertiary/aromatic N) is 1. The van der Waals surface area contributed by atoms with Gasteiger partial charge in [0, 0.05) is 11.6 Å². The number of aromatic nitrogens is 1. The van der Waals surface area contributed by atoms with Gasteiger partial charge in [-0.15, -0.1) is 0 Å². The maximum absolute atomic E-state index is 5.87. The van der Waals surface area contributed by atoms with Gasteiger partial charge in [-0.3, -0.25) is 0 Å². The molecule has 1 aromatic heterocycles. The van der Waals surface area contributed by atoms with E-state index in [-0.39, 0.29) is 0 Å². The highest BCUT2D eigenvalue weighted by molar-refractivity contribution is 6.31. The standard InChI is InChI=1S/C10H12ClNO/c1-13-10-8(11)5-6-9(12-10)7-3-2-4-7/h5-7H,2-4H2,1H3. The molecule has 0 saturated heterocycles. The van der Waals surface area contributed by atoms with E-state index in [2.05, 4.69) is 4.98 Å². The minimum absolute atomic E-state index is 0.547. The summed E-state index contributed by atoms with van der Waals surface area (Å²) in [6.07, 6.45) is 3.81. The van der Waals surface area contributed by atoms with Crippen LogP contribution < -0.4 is 4.74 Å². The van der Waals surface area contributed by atoms with Crippen molar-refractivity contribution in [3.8, 4) is 5.88 Å². The fourth-order valence-electron chi connectivity index (χ4n) is 1.51. The minimum atomic E-state index is 0.547. The van der Waals surface area contributed by atoms with E-state index in [9.17, 15) is 0 Å². The summed E-state index contributed by atoms with van der Waals surface area (Å²) in [5.41, 5.74) is 1.12. The van der Waals surface area contributed by atoms with Gasteiger partial charge in [0.1, 0.15) is 5.02 Å². The molecule has 1 fully saturated rings. The molecule has 1 aliphatic carbocycles. The molecule has 2 nitrogen and oxygen atoms in total. The van der Waals surface area contributed by atoms with E-state index >= 15 is 0 Å². The molecule has 0 radical (unpaired) electrons. The van der Waals surface area contributed by atoms with Crippen LogP contribution in [0.1, 0.15) is 30.9 Å². The summed E-state index contributed by atoms with van der Waals surface area (Å²) in [7, 11) is 1.60. The van der Waals surface area contributed by atoms with Crippen molar-refractivity contribution in [2.75, 3.05) is 7.11 Å². The molecule has 1 heterocycles. The molecule has 1 aromatic rings. The topological polar surface area (TPSA) is 22.1 Å². The van der Waals surface area contributed by atoms with Gasteiger partial charge in [-0.25, -0.2) is 4.98 Å². The van der Waals surface area contributed by atoms with Crippen LogP contribution in [0.3, 0.4) is 0 Å². The molecule has 2 rings (SSSR count). The van der Waals surface area contributed by atoms with Crippen molar-refractivity contribution in [3.05, 3.63) is 22.8 Å². The molecule has 0 aromatic carbocycles. The van der Waals surface area contributed by atoms with E-state index in [0.29, 0.717) is 16.8 Å². The second-order valence-electron chi connectivity index (χ2n) is 3.36. The Morgan fingerprint density at radius 3 is 2.77 bits per heavy atom. The highest BCUT2D eigenvalue weighted by atomic mass is 35.5. The normalized spacial score (nSPS) is 16.8. The smallest absolute Gasteiger partial charge is 0.232 e. The lowest BCUT2D eigenvalue weighted by Gasteiger charge is -2.24. The van der Waals surface area contributed by atoms with Crippen LogP contribution in [0.15, 0.2) is 12.1 Å². The number of hydrogen-bond acceptors (Lipinski definition) is 2. The average molecular weight is 198 g/mol. The maximum Gasteiger partial charge on any atom is 0.232 e. The molecular formula is C10H12ClNO. The van der Waals surface area contributed by atoms with E-state index in [4.69, 9.17) is 16.3 Å². The van der Waals surface area contributed by atoms with Crippen molar-refractivity contribution in [1.82, 2.24) is 4.98 Å². The number of rotatable bonds is 2. The Bertz CT molecular complexity index is 310. The summed E-state index contributed by atoms with van der Waals surface area (Å²) in [5.74, 6) is 1.18. The fourth-order valence-corrected chi connectivity index (χ4v) is 1.69. The summed E-state index contributed by atoms with van der Waals surface area (Å²) < 4.78 is 5.06. The summed E-state index contributed by atoms with van der Waals surface area (Å²) >= 11 is 5.87. The Labute approximate surface area is 82.9 Å². The molecule has 0 aliphatic heterocycles. The first kappa shape index (κ1) is 8.82. The number of ether oxygens (including phenoxy) is 1. The number of methoxy groups -OCH3 is 1.